The normalized spacial score (nSPS) is 20.2. The third kappa shape index (κ3) is 6.02. The molecule has 0 aliphatic carbocycles. The van der Waals surface area contributed by atoms with Crippen LogP contribution in [0, 0.1) is 5.82 Å². The molecule has 1 aliphatic heterocycles. The number of ether oxygens (including phenoxy) is 2. The van der Waals surface area contributed by atoms with Crippen LogP contribution in [-0.4, -0.2) is 39.5 Å². The number of hydrogen-bond acceptors (Lipinski definition) is 5. The molecule has 37 heavy (non-hydrogen) atoms. The van der Waals surface area contributed by atoms with E-state index in [1.807, 2.05) is 4.90 Å². The van der Waals surface area contributed by atoms with Crippen molar-refractivity contribution in [3.05, 3.63) is 86.8 Å². The Morgan fingerprint density at radius 1 is 1.11 bits per heavy atom. The Hall–Kier alpha value is -3.23. The number of H-pyrrole nitrogens is 2. The third-order valence-corrected chi connectivity index (χ3v) is 5.87. The van der Waals surface area contributed by atoms with E-state index in [0.29, 0.717) is 30.1 Å². The SMILES string of the molecule is CC(OC1OCCN(Cc2n[nH]c(=O)[nH]2)C1c1ccccc1)c1cc(C(F)(F)F)c(F)c(C(F)(F)F)c1. The number of rotatable bonds is 6. The summed E-state index contributed by atoms with van der Waals surface area (Å²) in [5.74, 6) is -2.09. The molecule has 4 rings (SSSR count). The first-order chi connectivity index (χ1) is 17.3. The van der Waals surface area contributed by atoms with Crippen molar-refractivity contribution >= 4 is 0 Å². The van der Waals surface area contributed by atoms with E-state index in [4.69, 9.17) is 9.47 Å². The largest absolute Gasteiger partial charge is 0.419 e. The number of nitrogens with zero attached hydrogens (tertiary/aromatic N) is 2. The molecule has 0 radical (unpaired) electrons. The van der Waals surface area contributed by atoms with Crippen molar-refractivity contribution in [1.29, 1.82) is 0 Å². The van der Waals surface area contributed by atoms with Crippen LogP contribution in [0.5, 0.6) is 0 Å². The van der Waals surface area contributed by atoms with Gasteiger partial charge in [-0.25, -0.2) is 14.3 Å². The van der Waals surface area contributed by atoms with Gasteiger partial charge in [0.25, 0.3) is 0 Å². The fourth-order valence-corrected chi connectivity index (χ4v) is 4.14. The summed E-state index contributed by atoms with van der Waals surface area (Å²) in [6, 6.07) is 8.70. The van der Waals surface area contributed by atoms with Gasteiger partial charge in [0, 0.05) is 6.54 Å². The Bertz CT molecular complexity index is 1240. The van der Waals surface area contributed by atoms with Crippen LogP contribution in [0.4, 0.5) is 30.7 Å². The summed E-state index contributed by atoms with van der Waals surface area (Å²) in [5.41, 5.74) is -4.44. The molecule has 2 N–H and O–H groups in total. The van der Waals surface area contributed by atoms with Gasteiger partial charge < -0.3 is 9.47 Å². The van der Waals surface area contributed by atoms with E-state index < -0.39 is 59.0 Å². The number of halogens is 7. The molecule has 7 nitrogen and oxygen atoms in total. The van der Waals surface area contributed by atoms with Crippen LogP contribution in [0.15, 0.2) is 47.3 Å². The van der Waals surface area contributed by atoms with Gasteiger partial charge in [-0.15, -0.1) is 0 Å². The Kier molecular flexibility index (Phi) is 7.44. The number of aromatic amines is 2. The maximum absolute atomic E-state index is 14.2. The number of aromatic nitrogens is 3. The molecule has 3 aromatic rings. The molecule has 14 heteroatoms. The molecular formula is C23H21F7N4O3. The van der Waals surface area contributed by atoms with Gasteiger partial charge in [0.2, 0.25) is 0 Å². The van der Waals surface area contributed by atoms with Crippen molar-refractivity contribution in [1.82, 2.24) is 20.1 Å². The fourth-order valence-electron chi connectivity index (χ4n) is 4.14. The zero-order chi connectivity index (χ0) is 27.0. The van der Waals surface area contributed by atoms with Gasteiger partial charge >= 0.3 is 18.0 Å². The Balaban J connectivity index is 1.68. The second-order valence-electron chi connectivity index (χ2n) is 8.39. The van der Waals surface area contributed by atoms with Crippen molar-refractivity contribution in [3.63, 3.8) is 0 Å². The summed E-state index contributed by atoms with van der Waals surface area (Å²) in [4.78, 5) is 15.8. The average molecular weight is 534 g/mol. The molecule has 2 aromatic carbocycles. The lowest BCUT2D eigenvalue weighted by Crippen LogP contribution is -2.46. The van der Waals surface area contributed by atoms with Crippen molar-refractivity contribution < 1.29 is 40.2 Å². The Labute approximate surface area is 205 Å². The maximum atomic E-state index is 14.2. The van der Waals surface area contributed by atoms with Crippen LogP contribution in [0.25, 0.3) is 0 Å². The predicted octanol–water partition coefficient (Wildman–Crippen LogP) is 4.95. The van der Waals surface area contributed by atoms with E-state index in [0.717, 1.165) is 0 Å². The van der Waals surface area contributed by atoms with E-state index >= 15 is 0 Å². The minimum Gasteiger partial charge on any atom is -0.349 e. The molecule has 0 bridgehead atoms. The van der Waals surface area contributed by atoms with E-state index in [-0.39, 0.29) is 13.2 Å². The minimum atomic E-state index is -5.36. The number of nitrogens with one attached hydrogen (secondary N) is 2. The zero-order valence-electron chi connectivity index (χ0n) is 19.2. The fraction of sp³-hybridized carbons (Fsp3) is 0.391. The van der Waals surface area contributed by atoms with Gasteiger partial charge in [-0.05, 0) is 30.2 Å². The Morgan fingerprint density at radius 2 is 1.73 bits per heavy atom. The van der Waals surface area contributed by atoms with Gasteiger partial charge in [0.05, 0.1) is 36.4 Å². The lowest BCUT2D eigenvalue weighted by molar-refractivity contribution is -0.231. The first-order valence-electron chi connectivity index (χ1n) is 11.0. The second-order valence-corrected chi connectivity index (χ2v) is 8.39. The van der Waals surface area contributed by atoms with Crippen molar-refractivity contribution in [3.8, 4) is 0 Å². The Morgan fingerprint density at radius 3 is 2.27 bits per heavy atom. The van der Waals surface area contributed by atoms with E-state index in [1.54, 1.807) is 30.3 Å². The first-order valence-corrected chi connectivity index (χ1v) is 11.0. The molecule has 2 heterocycles. The van der Waals surface area contributed by atoms with E-state index in [9.17, 15) is 35.5 Å². The molecule has 0 amide bonds. The van der Waals surface area contributed by atoms with Crippen molar-refractivity contribution in [2.75, 3.05) is 13.2 Å². The highest BCUT2D eigenvalue weighted by atomic mass is 19.4. The van der Waals surface area contributed by atoms with E-state index in [2.05, 4.69) is 15.2 Å². The summed E-state index contributed by atoms with van der Waals surface area (Å²) in [7, 11) is 0. The van der Waals surface area contributed by atoms with Crippen LogP contribution in [-0.2, 0) is 28.4 Å². The van der Waals surface area contributed by atoms with Gasteiger partial charge in [0.1, 0.15) is 11.6 Å². The summed E-state index contributed by atoms with van der Waals surface area (Å²) in [5, 5.41) is 6.13. The number of morpholine rings is 1. The third-order valence-electron chi connectivity index (χ3n) is 5.87. The van der Waals surface area contributed by atoms with Gasteiger partial charge in [0.15, 0.2) is 6.29 Å². The van der Waals surface area contributed by atoms with Crippen LogP contribution in [0.2, 0.25) is 0 Å². The van der Waals surface area contributed by atoms with Crippen LogP contribution in [0.3, 0.4) is 0 Å². The van der Waals surface area contributed by atoms with Crippen LogP contribution >= 0.6 is 0 Å². The molecule has 1 fully saturated rings. The van der Waals surface area contributed by atoms with Crippen LogP contribution < -0.4 is 5.69 Å². The summed E-state index contributed by atoms with van der Waals surface area (Å²) >= 11 is 0. The smallest absolute Gasteiger partial charge is 0.349 e. The maximum Gasteiger partial charge on any atom is 0.419 e. The van der Waals surface area contributed by atoms with Crippen molar-refractivity contribution in [2.24, 2.45) is 0 Å². The number of alkyl halides is 6. The lowest BCUT2D eigenvalue weighted by Gasteiger charge is -2.41. The van der Waals surface area contributed by atoms with Gasteiger partial charge in [-0.2, -0.15) is 31.4 Å². The van der Waals surface area contributed by atoms with Gasteiger partial charge in [-0.1, -0.05) is 30.3 Å². The predicted molar refractivity (Wildman–Crippen MR) is 114 cm³/mol. The topological polar surface area (TPSA) is 83.2 Å². The van der Waals surface area contributed by atoms with Crippen molar-refractivity contribution in [2.45, 2.75) is 44.3 Å². The van der Waals surface area contributed by atoms with E-state index in [1.165, 1.54) is 6.92 Å². The molecule has 3 atom stereocenters. The molecular weight excluding hydrogens is 513 g/mol. The number of hydrogen-bond donors (Lipinski definition) is 2. The highest BCUT2D eigenvalue weighted by Crippen LogP contribution is 2.41. The van der Waals surface area contributed by atoms with Gasteiger partial charge in [-0.3, -0.25) is 9.88 Å². The summed E-state index contributed by atoms with van der Waals surface area (Å²) < 4.78 is 106. The standard InChI is InChI=1S/C23H21F7N4O3/c1-12(14-9-15(22(25,26)27)18(24)16(10-14)23(28,29)30)37-20-19(13-5-3-2-4-6-13)34(7-8-36-20)11-17-31-21(35)33-32-17/h2-6,9-10,12,19-20H,7-8,11H2,1H3,(H2,31,32,33,35). The zero-order valence-corrected chi connectivity index (χ0v) is 19.2. The molecule has 0 saturated carbocycles. The quantitative estimate of drug-likeness (QED) is 0.438. The number of benzene rings is 2. The molecule has 1 aromatic heterocycles. The molecule has 1 aliphatic rings. The highest BCUT2D eigenvalue weighted by Gasteiger charge is 2.43. The molecule has 200 valence electrons. The average Bonchev–Trinajstić information content (AvgIpc) is 3.22. The lowest BCUT2D eigenvalue weighted by atomic mass is 10.00. The minimum absolute atomic E-state index is 0.112. The molecule has 1 saturated heterocycles. The molecule has 3 unspecified atom stereocenters. The summed E-state index contributed by atoms with van der Waals surface area (Å²) in [6.45, 7) is 1.86. The first kappa shape index (κ1) is 26.8. The second kappa shape index (κ2) is 10.3. The molecule has 0 spiro atoms. The summed E-state index contributed by atoms with van der Waals surface area (Å²) in [6.07, 6.45) is -13.2. The monoisotopic (exact) mass is 534 g/mol. The van der Waals surface area contributed by atoms with Crippen LogP contribution in [0.1, 0.15) is 47.1 Å². The highest BCUT2D eigenvalue weighted by molar-refractivity contribution is 5.36.